The van der Waals surface area contributed by atoms with E-state index in [1.54, 1.807) is 27.7 Å². The van der Waals surface area contributed by atoms with Crippen molar-refractivity contribution in [3.05, 3.63) is 10.1 Å². The van der Waals surface area contributed by atoms with Crippen molar-refractivity contribution in [1.82, 2.24) is 15.5 Å². The number of guanidine groups is 1. The Morgan fingerprint density at radius 1 is 1.31 bits per heavy atom. The van der Waals surface area contributed by atoms with Gasteiger partial charge in [0.25, 0.3) is 5.96 Å². The molecule has 0 bridgehead atoms. The lowest BCUT2D eigenvalue weighted by Crippen LogP contribution is -2.56. The summed E-state index contributed by atoms with van der Waals surface area (Å²) in [4.78, 5) is 49.7. The van der Waals surface area contributed by atoms with Crippen LogP contribution in [0.4, 0.5) is 4.79 Å². The molecule has 0 spiro atoms. The van der Waals surface area contributed by atoms with E-state index in [0.29, 0.717) is 19.4 Å². The van der Waals surface area contributed by atoms with Crippen LogP contribution in [0.3, 0.4) is 0 Å². The summed E-state index contributed by atoms with van der Waals surface area (Å²) in [6.45, 7) is 7.56. The quantitative estimate of drug-likeness (QED) is 0.112. The Kier molecular flexibility index (Phi) is 10.7. The predicted molar refractivity (Wildman–Crippen MR) is 115 cm³/mol. The molecule has 32 heavy (non-hydrogen) atoms. The maximum atomic E-state index is 13.3. The Labute approximate surface area is 187 Å². The van der Waals surface area contributed by atoms with Crippen molar-refractivity contribution < 1.29 is 28.9 Å². The highest BCUT2D eigenvalue weighted by atomic mass is 16.7. The number of hydrogen-bond acceptors (Lipinski definition) is 7. The van der Waals surface area contributed by atoms with Crippen molar-refractivity contribution in [3.8, 4) is 0 Å². The third kappa shape index (κ3) is 9.79. The minimum absolute atomic E-state index is 0.183. The van der Waals surface area contributed by atoms with E-state index in [9.17, 15) is 24.5 Å². The van der Waals surface area contributed by atoms with E-state index in [4.69, 9.17) is 15.2 Å². The summed E-state index contributed by atoms with van der Waals surface area (Å²) < 4.78 is 10.4. The Balaban J connectivity index is 2.89. The molecule has 182 valence electrons. The Hall–Kier alpha value is -3.12. The molecule has 2 amide bonds. The number of nitrogens with zero attached hydrogens (tertiary/aromatic N) is 3. The van der Waals surface area contributed by atoms with Gasteiger partial charge in [0, 0.05) is 13.1 Å². The van der Waals surface area contributed by atoms with E-state index in [1.165, 1.54) is 4.90 Å². The van der Waals surface area contributed by atoms with Crippen LogP contribution in [0.5, 0.6) is 0 Å². The molecule has 0 aromatic heterocycles. The number of nitrogens with one attached hydrogen (secondary N) is 2. The molecule has 13 nitrogen and oxygen atoms in total. The summed E-state index contributed by atoms with van der Waals surface area (Å²) in [6, 6.07) is -1.67. The first kappa shape index (κ1) is 26.9. The van der Waals surface area contributed by atoms with E-state index in [-0.39, 0.29) is 25.5 Å². The number of carbonyl (C=O) groups excluding carboxylic acids is 3. The second kappa shape index (κ2) is 12.7. The number of rotatable bonds is 9. The van der Waals surface area contributed by atoms with Gasteiger partial charge in [-0.25, -0.2) is 19.7 Å². The molecule has 13 heteroatoms. The second-order valence-corrected chi connectivity index (χ2v) is 8.29. The molecule has 0 aliphatic carbocycles. The molecular formula is C19H34N6O7. The number of likely N-dealkylation sites (tertiary alicyclic amines) is 1. The van der Waals surface area contributed by atoms with Gasteiger partial charge in [-0.2, -0.15) is 0 Å². The summed E-state index contributed by atoms with van der Waals surface area (Å²) in [5.74, 6) is -1.25. The predicted octanol–water partition coefficient (Wildman–Crippen LogP) is 0.700. The van der Waals surface area contributed by atoms with Gasteiger partial charge in [-0.1, -0.05) is 0 Å². The standard InChI is InChI=1S/C19H34N6O7/c1-5-31-16(27)14-10-6-7-12-24(14)15(26)13(22-18(28)32-19(2,3)4)9-8-11-21-17(20)23-25(29)30/h13-14H,5-12H2,1-4H3,(H,22,28)(H3,20,21,23)/t13-,14+/m0/s1. The van der Waals surface area contributed by atoms with Crippen LogP contribution in [-0.4, -0.2) is 71.2 Å². The number of hydrogen-bond donors (Lipinski definition) is 3. The zero-order valence-electron chi connectivity index (χ0n) is 19.1. The molecule has 0 unspecified atom stereocenters. The number of esters is 1. The Bertz CT molecular complexity index is 707. The molecule has 4 N–H and O–H groups in total. The van der Waals surface area contributed by atoms with Crippen LogP contribution in [0, 0.1) is 10.1 Å². The number of nitrogens with two attached hydrogens (primary N) is 1. The highest BCUT2D eigenvalue weighted by Gasteiger charge is 2.37. The van der Waals surface area contributed by atoms with Crippen molar-refractivity contribution >= 4 is 23.9 Å². The number of nitro groups is 1. The van der Waals surface area contributed by atoms with Crippen LogP contribution in [0.2, 0.25) is 0 Å². The molecule has 0 aromatic carbocycles. The van der Waals surface area contributed by atoms with Crippen LogP contribution in [0.15, 0.2) is 5.10 Å². The van der Waals surface area contributed by atoms with Crippen LogP contribution < -0.4 is 16.4 Å². The number of ether oxygens (including phenoxy) is 2. The minimum atomic E-state index is -0.963. The first-order valence-electron chi connectivity index (χ1n) is 10.6. The van der Waals surface area contributed by atoms with E-state index in [0.717, 1.165) is 12.8 Å². The SMILES string of the molecule is CCOC(=O)[C@H]1CCCCN1C(=O)[C@H](CCCN/C(N)=N/[N+](=O)[O-])NC(=O)OC(C)(C)C. The summed E-state index contributed by atoms with van der Waals surface area (Å²) in [6.07, 6.45) is 1.76. The van der Waals surface area contributed by atoms with Crippen LogP contribution >= 0.6 is 0 Å². The van der Waals surface area contributed by atoms with Crippen molar-refractivity contribution in [1.29, 1.82) is 0 Å². The molecular weight excluding hydrogens is 424 g/mol. The van der Waals surface area contributed by atoms with Crippen molar-refractivity contribution in [2.45, 2.75) is 77.5 Å². The van der Waals surface area contributed by atoms with Gasteiger partial charge in [-0.15, -0.1) is 0 Å². The van der Waals surface area contributed by atoms with Gasteiger partial charge in [0.2, 0.25) is 5.91 Å². The fraction of sp³-hybridized carbons (Fsp3) is 0.789. The summed E-state index contributed by atoms with van der Waals surface area (Å²) in [5.41, 5.74) is 4.62. The normalized spacial score (nSPS) is 17.8. The number of piperidine rings is 1. The lowest BCUT2D eigenvalue weighted by atomic mass is 10.00. The van der Waals surface area contributed by atoms with Gasteiger partial charge < -0.3 is 30.7 Å². The summed E-state index contributed by atoms with van der Waals surface area (Å²) >= 11 is 0. The lowest BCUT2D eigenvalue weighted by Gasteiger charge is -2.36. The maximum Gasteiger partial charge on any atom is 0.408 e. The molecule has 0 saturated carbocycles. The van der Waals surface area contributed by atoms with E-state index >= 15 is 0 Å². The molecule has 1 fully saturated rings. The molecule has 1 aliphatic rings. The van der Waals surface area contributed by atoms with Crippen molar-refractivity contribution in [2.24, 2.45) is 10.8 Å². The zero-order valence-corrected chi connectivity index (χ0v) is 19.1. The number of amides is 2. The summed E-state index contributed by atoms with van der Waals surface area (Å²) in [7, 11) is 0. The Morgan fingerprint density at radius 3 is 2.59 bits per heavy atom. The maximum absolute atomic E-state index is 13.3. The van der Waals surface area contributed by atoms with E-state index in [1.807, 2.05) is 0 Å². The molecule has 1 saturated heterocycles. The van der Waals surface area contributed by atoms with Crippen LogP contribution in [0.25, 0.3) is 0 Å². The third-order valence-corrected chi connectivity index (χ3v) is 4.50. The van der Waals surface area contributed by atoms with Crippen LogP contribution in [-0.2, 0) is 19.1 Å². The lowest BCUT2D eigenvalue weighted by molar-refractivity contribution is -0.485. The largest absolute Gasteiger partial charge is 0.464 e. The minimum Gasteiger partial charge on any atom is -0.464 e. The highest BCUT2D eigenvalue weighted by Crippen LogP contribution is 2.20. The topological polar surface area (TPSA) is 178 Å². The first-order chi connectivity index (χ1) is 14.9. The van der Waals surface area contributed by atoms with Crippen molar-refractivity contribution in [2.75, 3.05) is 19.7 Å². The molecule has 0 aromatic rings. The van der Waals surface area contributed by atoms with Gasteiger partial charge in [0.05, 0.1) is 6.61 Å². The smallest absolute Gasteiger partial charge is 0.408 e. The van der Waals surface area contributed by atoms with E-state index < -0.39 is 40.7 Å². The fourth-order valence-corrected chi connectivity index (χ4v) is 3.23. The van der Waals surface area contributed by atoms with Gasteiger partial charge >= 0.3 is 12.1 Å². The molecule has 1 heterocycles. The Morgan fingerprint density at radius 2 is 2.00 bits per heavy atom. The monoisotopic (exact) mass is 458 g/mol. The molecule has 2 atom stereocenters. The summed E-state index contributed by atoms with van der Waals surface area (Å²) in [5, 5.41) is 17.5. The van der Waals surface area contributed by atoms with Crippen LogP contribution in [0.1, 0.15) is 59.8 Å². The van der Waals surface area contributed by atoms with E-state index in [2.05, 4.69) is 15.7 Å². The average Bonchev–Trinajstić information content (AvgIpc) is 2.68. The molecule has 1 aliphatic heterocycles. The van der Waals surface area contributed by atoms with Gasteiger partial charge in [0.1, 0.15) is 22.8 Å². The second-order valence-electron chi connectivity index (χ2n) is 8.29. The zero-order chi connectivity index (χ0) is 24.3. The first-order valence-corrected chi connectivity index (χ1v) is 10.6. The van der Waals surface area contributed by atoms with Gasteiger partial charge in [-0.05, 0) is 59.8 Å². The number of alkyl carbamates (subject to hydrolysis) is 1. The number of carbonyl (C=O) groups is 3. The van der Waals surface area contributed by atoms with Crippen molar-refractivity contribution in [3.63, 3.8) is 0 Å². The van der Waals surface area contributed by atoms with Gasteiger partial charge in [0.15, 0.2) is 5.03 Å². The molecule has 1 rings (SSSR count). The fourth-order valence-electron chi connectivity index (χ4n) is 3.23. The number of hydrazone groups is 1. The highest BCUT2D eigenvalue weighted by molar-refractivity contribution is 5.90. The van der Waals surface area contributed by atoms with Gasteiger partial charge in [-0.3, -0.25) is 4.79 Å². The molecule has 0 radical (unpaired) electrons. The third-order valence-electron chi connectivity index (χ3n) is 4.50. The average molecular weight is 459 g/mol.